The van der Waals surface area contributed by atoms with Crippen LogP contribution >= 0.6 is 0 Å². The van der Waals surface area contributed by atoms with Gasteiger partial charge in [-0.3, -0.25) is 14.5 Å². The lowest BCUT2D eigenvalue weighted by Gasteiger charge is -2.29. The van der Waals surface area contributed by atoms with Gasteiger partial charge in [0.05, 0.1) is 0 Å². The van der Waals surface area contributed by atoms with E-state index in [4.69, 9.17) is 5.11 Å². The summed E-state index contributed by atoms with van der Waals surface area (Å²) in [6.07, 6.45) is 9.07. The van der Waals surface area contributed by atoms with Crippen molar-refractivity contribution >= 4 is 17.8 Å². The molecule has 98 valence electrons. The summed E-state index contributed by atoms with van der Waals surface area (Å²) < 4.78 is 0. The van der Waals surface area contributed by atoms with Crippen LogP contribution in [0.4, 0.5) is 0 Å². The van der Waals surface area contributed by atoms with E-state index >= 15 is 0 Å². The first-order valence-electron chi connectivity index (χ1n) is 5.97. The zero-order valence-electron chi connectivity index (χ0n) is 10.2. The molecule has 5 nitrogen and oxygen atoms in total. The quantitative estimate of drug-likeness (QED) is 0.596. The van der Waals surface area contributed by atoms with Crippen molar-refractivity contribution in [3.63, 3.8) is 0 Å². The third-order valence-corrected chi connectivity index (χ3v) is 2.96. The lowest BCUT2D eigenvalue weighted by Crippen LogP contribution is -2.41. The average Bonchev–Trinajstić information content (AvgIpc) is 2.71. The van der Waals surface area contributed by atoms with Crippen LogP contribution in [0.15, 0.2) is 24.8 Å². The van der Waals surface area contributed by atoms with E-state index < -0.39 is 5.97 Å². The summed E-state index contributed by atoms with van der Waals surface area (Å²) in [6, 6.07) is 0.170. The highest BCUT2D eigenvalue weighted by Crippen LogP contribution is 2.24. The lowest BCUT2D eigenvalue weighted by atomic mass is 9.94. The Morgan fingerprint density at radius 1 is 1.22 bits per heavy atom. The number of amides is 2. The predicted molar refractivity (Wildman–Crippen MR) is 65.7 cm³/mol. The summed E-state index contributed by atoms with van der Waals surface area (Å²) in [7, 11) is 0. The van der Waals surface area contributed by atoms with Gasteiger partial charge in [-0.15, -0.1) is 0 Å². The molecule has 1 aliphatic heterocycles. The van der Waals surface area contributed by atoms with Gasteiger partial charge in [0.2, 0.25) is 0 Å². The number of carboxylic acid groups (broad SMARTS) is 1. The molecule has 0 saturated heterocycles. The normalized spacial score (nSPS) is 19.4. The number of carboxylic acids is 1. The largest absolute Gasteiger partial charge is 0.478 e. The molecule has 5 heteroatoms. The van der Waals surface area contributed by atoms with Crippen molar-refractivity contribution in [2.24, 2.45) is 0 Å². The van der Waals surface area contributed by atoms with Crippen LogP contribution in [0.25, 0.3) is 0 Å². The van der Waals surface area contributed by atoms with Crippen LogP contribution in [0.2, 0.25) is 0 Å². The Morgan fingerprint density at radius 3 is 2.06 bits per heavy atom. The molecular formula is C13H17NO4. The summed E-state index contributed by atoms with van der Waals surface area (Å²) in [5.41, 5.74) is 0. The first-order chi connectivity index (χ1) is 8.56. The van der Waals surface area contributed by atoms with Crippen LogP contribution in [-0.2, 0) is 14.4 Å². The van der Waals surface area contributed by atoms with E-state index in [0.29, 0.717) is 0 Å². The maximum atomic E-state index is 11.3. The summed E-state index contributed by atoms with van der Waals surface area (Å²) >= 11 is 0. The molecule has 0 spiro atoms. The number of rotatable bonds is 2. The van der Waals surface area contributed by atoms with Gasteiger partial charge in [0.25, 0.3) is 11.8 Å². The van der Waals surface area contributed by atoms with Crippen LogP contribution in [0.5, 0.6) is 0 Å². The van der Waals surface area contributed by atoms with Gasteiger partial charge < -0.3 is 5.11 Å². The fraction of sp³-hybridized carbons (Fsp3) is 0.462. The van der Waals surface area contributed by atoms with E-state index in [2.05, 4.69) is 6.58 Å². The minimum absolute atomic E-state index is 0.128. The van der Waals surface area contributed by atoms with E-state index in [-0.39, 0.29) is 17.9 Å². The van der Waals surface area contributed by atoms with Crippen molar-refractivity contribution in [3.8, 4) is 0 Å². The first kappa shape index (κ1) is 14.2. The molecule has 0 atom stereocenters. The zero-order valence-corrected chi connectivity index (χ0v) is 10.2. The first-order valence-corrected chi connectivity index (χ1v) is 5.97. The Kier molecular flexibility index (Phi) is 5.30. The van der Waals surface area contributed by atoms with Gasteiger partial charge in [-0.1, -0.05) is 25.8 Å². The van der Waals surface area contributed by atoms with Crippen LogP contribution in [0.1, 0.15) is 32.1 Å². The SMILES string of the molecule is C=CC(=O)O.O=C1C=CC(=O)N1C1CCCCC1. The number of carbonyl (C=O) groups excluding carboxylic acids is 2. The number of imide groups is 1. The van der Waals surface area contributed by atoms with Crippen molar-refractivity contribution in [3.05, 3.63) is 24.8 Å². The molecule has 0 radical (unpaired) electrons. The molecule has 1 saturated carbocycles. The molecule has 0 unspecified atom stereocenters. The molecule has 0 bridgehead atoms. The summed E-state index contributed by atoms with van der Waals surface area (Å²) in [5.74, 6) is -1.24. The fourth-order valence-electron chi connectivity index (χ4n) is 2.11. The van der Waals surface area contributed by atoms with Crippen LogP contribution in [0.3, 0.4) is 0 Å². The van der Waals surface area contributed by atoms with Gasteiger partial charge in [0.1, 0.15) is 0 Å². The smallest absolute Gasteiger partial charge is 0.327 e. The lowest BCUT2D eigenvalue weighted by molar-refractivity contribution is -0.140. The Morgan fingerprint density at radius 2 is 1.67 bits per heavy atom. The predicted octanol–water partition coefficient (Wildman–Crippen LogP) is 1.50. The highest BCUT2D eigenvalue weighted by Gasteiger charge is 2.31. The van der Waals surface area contributed by atoms with Gasteiger partial charge >= 0.3 is 5.97 Å². The van der Waals surface area contributed by atoms with Gasteiger partial charge in [0, 0.05) is 24.3 Å². The monoisotopic (exact) mass is 251 g/mol. The van der Waals surface area contributed by atoms with Gasteiger partial charge in [-0.2, -0.15) is 0 Å². The molecule has 18 heavy (non-hydrogen) atoms. The molecule has 0 aromatic heterocycles. The molecular weight excluding hydrogens is 234 g/mol. The maximum Gasteiger partial charge on any atom is 0.327 e. The third-order valence-electron chi connectivity index (χ3n) is 2.96. The van der Waals surface area contributed by atoms with Crippen molar-refractivity contribution in [1.29, 1.82) is 0 Å². The molecule has 1 N–H and O–H groups in total. The van der Waals surface area contributed by atoms with Crippen molar-refractivity contribution < 1.29 is 19.5 Å². The number of carbonyl (C=O) groups is 3. The Balaban J connectivity index is 0.000000280. The van der Waals surface area contributed by atoms with Crippen molar-refractivity contribution in [1.82, 2.24) is 4.90 Å². The van der Waals surface area contributed by atoms with E-state index in [9.17, 15) is 14.4 Å². The van der Waals surface area contributed by atoms with Gasteiger partial charge in [-0.25, -0.2) is 4.79 Å². The Hall–Kier alpha value is -1.91. The molecule has 1 aliphatic carbocycles. The van der Waals surface area contributed by atoms with Crippen LogP contribution in [-0.4, -0.2) is 33.8 Å². The molecule has 2 aliphatic rings. The Labute approximate surface area is 106 Å². The summed E-state index contributed by atoms with van der Waals surface area (Å²) in [5, 5.41) is 7.60. The Bertz CT molecular complexity index is 362. The van der Waals surface area contributed by atoms with E-state index in [0.717, 1.165) is 31.8 Å². The molecule has 0 aromatic carbocycles. The molecule has 1 heterocycles. The van der Waals surface area contributed by atoms with Crippen LogP contribution in [0, 0.1) is 0 Å². The third kappa shape index (κ3) is 3.84. The highest BCUT2D eigenvalue weighted by atomic mass is 16.4. The van der Waals surface area contributed by atoms with Crippen LogP contribution < -0.4 is 0 Å². The van der Waals surface area contributed by atoms with Crippen molar-refractivity contribution in [2.75, 3.05) is 0 Å². The van der Waals surface area contributed by atoms with Crippen molar-refractivity contribution in [2.45, 2.75) is 38.1 Å². The number of hydrogen-bond donors (Lipinski definition) is 1. The number of nitrogens with zero attached hydrogens (tertiary/aromatic N) is 1. The zero-order chi connectivity index (χ0) is 13.5. The minimum atomic E-state index is -0.981. The second-order valence-electron chi connectivity index (χ2n) is 4.21. The highest BCUT2D eigenvalue weighted by molar-refractivity contribution is 6.13. The molecule has 0 aromatic rings. The standard InChI is InChI=1S/C10H13NO2.C3H4O2/c12-9-6-7-10(13)11(9)8-4-2-1-3-5-8;1-2-3(4)5/h6-8H,1-5H2;2H,1H2,(H,4,5). The second kappa shape index (κ2) is 6.74. The number of hydrogen-bond acceptors (Lipinski definition) is 3. The van der Waals surface area contributed by atoms with Gasteiger partial charge in [0.15, 0.2) is 0 Å². The summed E-state index contributed by atoms with van der Waals surface area (Å²) in [6.45, 7) is 2.96. The van der Waals surface area contributed by atoms with E-state index in [1.54, 1.807) is 0 Å². The topological polar surface area (TPSA) is 74.7 Å². The molecule has 1 fully saturated rings. The fourth-order valence-corrected chi connectivity index (χ4v) is 2.11. The summed E-state index contributed by atoms with van der Waals surface area (Å²) in [4.78, 5) is 33.3. The van der Waals surface area contributed by atoms with E-state index in [1.165, 1.54) is 23.5 Å². The van der Waals surface area contributed by atoms with E-state index in [1.807, 2.05) is 0 Å². The minimum Gasteiger partial charge on any atom is -0.478 e. The molecule has 2 rings (SSSR count). The average molecular weight is 251 g/mol. The van der Waals surface area contributed by atoms with Gasteiger partial charge in [-0.05, 0) is 12.8 Å². The molecule has 2 amide bonds. The second-order valence-corrected chi connectivity index (χ2v) is 4.21. The number of aliphatic carboxylic acids is 1. The maximum absolute atomic E-state index is 11.3.